The van der Waals surface area contributed by atoms with Crippen LogP contribution in [0.4, 0.5) is 0 Å². The maximum Gasteiger partial charge on any atom is 0.311 e. The third-order valence-electron chi connectivity index (χ3n) is 2.66. The summed E-state index contributed by atoms with van der Waals surface area (Å²) in [7, 11) is 0. The quantitative estimate of drug-likeness (QED) is 0.438. The lowest BCUT2D eigenvalue weighted by Crippen LogP contribution is -2.10. The summed E-state index contributed by atoms with van der Waals surface area (Å²) in [4.78, 5) is 34.5. The van der Waals surface area contributed by atoms with Gasteiger partial charge in [-0.3, -0.25) is 14.4 Å². The zero-order chi connectivity index (χ0) is 15.8. The molecular formula is C16H20O5. The van der Waals surface area contributed by atoms with Gasteiger partial charge in [-0.2, -0.15) is 0 Å². The van der Waals surface area contributed by atoms with Crippen molar-refractivity contribution < 1.29 is 23.9 Å². The van der Waals surface area contributed by atoms with Gasteiger partial charge in [-0.15, -0.1) is 0 Å². The van der Waals surface area contributed by atoms with E-state index in [-0.39, 0.29) is 42.1 Å². The molecule has 0 heterocycles. The first-order valence-corrected chi connectivity index (χ1v) is 7.03. The van der Waals surface area contributed by atoms with Gasteiger partial charge in [0.2, 0.25) is 0 Å². The Labute approximate surface area is 124 Å². The lowest BCUT2D eigenvalue weighted by Gasteiger charge is -2.09. The number of ketones is 1. The van der Waals surface area contributed by atoms with Crippen LogP contribution in [0.5, 0.6) is 11.5 Å². The minimum atomic E-state index is -0.385. The molecule has 5 nitrogen and oxygen atoms in total. The van der Waals surface area contributed by atoms with E-state index in [1.54, 1.807) is 0 Å². The Morgan fingerprint density at radius 1 is 0.857 bits per heavy atom. The molecule has 0 radical (unpaired) electrons. The van der Waals surface area contributed by atoms with Crippen LogP contribution in [0.2, 0.25) is 0 Å². The van der Waals surface area contributed by atoms with E-state index in [2.05, 4.69) is 0 Å². The van der Waals surface area contributed by atoms with Crippen LogP contribution in [0.1, 0.15) is 56.8 Å². The molecule has 0 bridgehead atoms. The third kappa shape index (κ3) is 5.77. The van der Waals surface area contributed by atoms with Gasteiger partial charge in [-0.25, -0.2) is 0 Å². The Morgan fingerprint density at radius 2 is 1.29 bits per heavy atom. The topological polar surface area (TPSA) is 69.7 Å². The number of carbonyl (C=O) groups excluding carboxylic acids is 3. The molecular weight excluding hydrogens is 272 g/mol. The van der Waals surface area contributed by atoms with Crippen molar-refractivity contribution in [3.05, 3.63) is 23.8 Å². The van der Waals surface area contributed by atoms with Crippen molar-refractivity contribution in [3.8, 4) is 11.5 Å². The number of hydrogen-bond donors (Lipinski definition) is 0. The van der Waals surface area contributed by atoms with Crippen molar-refractivity contribution in [2.24, 2.45) is 0 Å². The van der Waals surface area contributed by atoms with Crippen molar-refractivity contribution in [3.63, 3.8) is 0 Å². The van der Waals surface area contributed by atoms with Gasteiger partial charge in [0, 0.05) is 24.5 Å². The molecule has 5 heteroatoms. The Kier molecular flexibility index (Phi) is 6.59. The third-order valence-corrected chi connectivity index (χ3v) is 2.66. The Morgan fingerprint density at radius 3 is 1.62 bits per heavy atom. The van der Waals surface area contributed by atoms with Gasteiger partial charge in [0.1, 0.15) is 11.5 Å². The molecule has 0 aliphatic heterocycles. The fourth-order valence-electron chi connectivity index (χ4n) is 1.67. The SMILES string of the molecule is CCCC(=O)Oc1cc(OC(=O)CCC)cc(C(C)=O)c1. The van der Waals surface area contributed by atoms with Crippen LogP contribution in [-0.2, 0) is 9.59 Å². The van der Waals surface area contributed by atoms with E-state index in [1.165, 1.54) is 25.1 Å². The summed E-state index contributed by atoms with van der Waals surface area (Å²) in [6.07, 6.45) is 1.91. The zero-order valence-electron chi connectivity index (χ0n) is 12.6. The number of ether oxygens (including phenoxy) is 2. The van der Waals surface area contributed by atoms with Crippen LogP contribution in [0, 0.1) is 0 Å². The molecule has 0 amide bonds. The molecule has 0 saturated carbocycles. The van der Waals surface area contributed by atoms with Gasteiger partial charge in [0.05, 0.1) is 0 Å². The van der Waals surface area contributed by atoms with Gasteiger partial charge in [-0.1, -0.05) is 13.8 Å². The van der Waals surface area contributed by atoms with E-state index >= 15 is 0 Å². The van der Waals surface area contributed by atoms with Crippen molar-refractivity contribution in [1.82, 2.24) is 0 Å². The second-order valence-corrected chi connectivity index (χ2v) is 4.70. The minimum Gasteiger partial charge on any atom is -0.426 e. The number of benzene rings is 1. The Balaban J connectivity index is 2.97. The van der Waals surface area contributed by atoms with E-state index in [1.807, 2.05) is 13.8 Å². The number of esters is 2. The average molecular weight is 292 g/mol. The molecule has 0 N–H and O–H groups in total. The summed E-state index contributed by atoms with van der Waals surface area (Å²) < 4.78 is 10.3. The lowest BCUT2D eigenvalue weighted by molar-refractivity contribution is -0.134. The predicted molar refractivity (Wildman–Crippen MR) is 77.5 cm³/mol. The maximum atomic E-state index is 11.5. The van der Waals surface area contributed by atoms with E-state index in [9.17, 15) is 14.4 Å². The maximum absolute atomic E-state index is 11.5. The molecule has 0 fully saturated rings. The van der Waals surface area contributed by atoms with Crippen LogP contribution < -0.4 is 9.47 Å². The molecule has 0 atom stereocenters. The molecule has 0 spiro atoms. The first-order chi connectivity index (χ1) is 9.96. The van der Waals surface area contributed by atoms with Crippen LogP contribution >= 0.6 is 0 Å². The first-order valence-electron chi connectivity index (χ1n) is 7.03. The smallest absolute Gasteiger partial charge is 0.311 e. The van der Waals surface area contributed by atoms with E-state index in [0.29, 0.717) is 18.4 Å². The van der Waals surface area contributed by atoms with Gasteiger partial charge >= 0.3 is 11.9 Å². The molecule has 0 unspecified atom stereocenters. The average Bonchev–Trinajstić information content (AvgIpc) is 2.38. The molecule has 0 aliphatic rings. The van der Waals surface area contributed by atoms with E-state index < -0.39 is 0 Å². The summed E-state index contributed by atoms with van der Waals surface area (Å²) >= 11 is 0. The molecule has 0 aromatic heterocycles. The van der Waals surface area contributed by atoms with Crippen molar-refractivity contribution in [1.29, 1.82) is 0 Å². The predicted octanol–water partition coefficient (Wildman–Crippen LogP) is 3.30. The summed E-state index contributed by atoms with van der Waals surface area (Å²) in [6.45, 7) is 5.13. The highest BCUT2D eigenvalue weighted by atomic mass is 16.5. The fourth-order valence-corrected chi connectivity index (χ4v) is 1.67. The molecule has 1 aromatic rings. The lowest BCUT2D eigenvalue weighted by atomic mass is 10.1. The summed E-state index contributed by atoms with van der Waals surface area (Å²) in [5.41, 5.74) is 0.330. The molecule has 0 saturated heterocycles. The molecule has 0 aliphatic carbocycles. The standard InChI is InChI=1S/C16H20O5/c1-4-6-15(18)20-13-8-12(11(3)17)9-14(10-13)21-16(19)7-5-2/h8-10H,4-7H2,1-3H3. The number of carbonyl (C=O) groups is 3. The van der Waals surface area contributed by atoms with Crippen LogP contribution in [0.3, 0.4) is 0 Å². The van der Waals surface area contributed by atoms with Crippen molar-refractivity contribution in [2.75, 3.05) is 0 Å². The van der Waals surface area contributed by atoms with Crippen molar-refractivity contribution in [2.45, 2.75) is 46.5 Å². The summed E-state index contributed by atoms with van der Waals surface area (Å²) in [5.74, 6) is -0.551. The highest BCUT2D eigenvalue weighted by molar-refractivity contribution is 5.95. The summed E-state index contributed by atoms with van der Waals surface area (Å²) in [5, 5.41) is 0. The molecule has 1 rings (SSSR count). The Bertz CT molecular complexity index is 495. The van der Waals surface area contributed by atoms with Crippen LogP contribution in [0.25, 0.3) is 0 Å². The highest BCUT2D eigenvalue weighted by Crippen LogP contribution is 2.24. The second kappa shape index (κ2) is 8.19. The number of hydrogen-bond acceptors (Lipinski definition) is 5. The van der Waals surface area contributed by atoms with Gasteiger partial charge in [0.15, 0.2) is 5.78 Å². The molecule has 1 aromatic carbocycles. The number of rotatable bonds is 7. The van der Waals surface area contributed by atoms with E-state index in [4.69, 9.17) is 9.47 Å². The van der Waals surface area contributed by atoms with Crippen molar-refractivity contribution >= 4 is 17.7 Å². The first kappa shape index (κ1) is 16.9. The Hall–Kier alpha value is -2.17. The van der Waals surface area contributed by atoms with Gasteiger partial charge < -0.3 is 9.47 Å². The van der Waals surface area contributed by atoms with Crippen LogP contribution in [0.15, 0.2) is 18.2 Å². The molecule has 21 heavy (non-hydrogen) atoms. The highest BCUT2D eigenvalue weighted by Gasteiger charge is 2.12. The van der Waals surface area contributed by atoms with Crippen LogP contribution in [-0.4, -0.2) is 17.7 Å². The normalized spacial score (nSPS) is 10.0. The zero-order valence-corrected chi connectivity index (χ0v) is 12.6. The second-order valence-electron chi connectivity index (χ2n) is 4.70. The fraction of sp³-hybridized carbons (Fsp3) is 0.438. The van der Waals surface area contributed by atoms with Gasteiger partial charge in [-0.05, 0) is 31.9 Å². The molecule has 114 valence electrons. The minimum absolute atomic E-state index is 0.198. The monoisotopic (exact) mass is 292 g/mol. The number of Topliss-reactive ketones (excluding diaryl/α,β-unsaturated/α-hetero) is 1. The largest absolute Gasteiger partial charge is 0.426 e. The van der Waals surface area contributed by atoms with Gasteiger partial charge in [0.25, 0.3) is 0 Å². The summed E-state index contributed by atoms with van der Waals surface area (Å²) in [6, 6.07) is 4.37. The van der Waals surface area contributed by atoms with E-state index in [0.717, 1.165) is 0 Å².